The fourth-order valence-corrected chi connectivity index (χ4v) is 3.38. The zero-order chi connectivity index (χ0) is 19.9. The lowest BCUT2D eigenvalue weighted by Crippen LogP contribution is -2.51. The number of hydrogen-bond acceptors (Lipinski definition) is 4. The van der Waals surface area contributed by atoms with Crippen LogP contribution in [0.2, 0.25) is 0 Å². The molecule has 3 amide bonds. The zero-order valence-corrected chi connectivity index (χ0v) is 15.9. The van der Waals surface area contributed by atoms with Gasteiger partial charge in [-0.15, -0.1) is 0 Å². The van der Waals surface area contributed by atoms with Gasteiger partial charge in [-0.05, 0) is 56.0 Å². The minimum Gasteiger partial charge on any atom is -0.459 e. The number of carbonyl (C=O) groups excluding carboxylic acids is 3. The molecule has 1 aliphatic heterocycles. The topological polar surface area (TPSA) is 91.7 Å². The number of rotatable bonds is 6. The largest absolute Gasteiger partial charge is 0.459 e. The summed E-state index contributed by atoms with van der Waals surface area (Å²) in [4.78, 5) is 38.9. The van der Waals surface area contributed by atoms with Crippen LogP contribution in [0.4, 0.5) is 0 Å². The Hall–Kier alpha value is -3.09. The molecule has 1 aromatic heterocycles. The lowest BCUT2D eigenvalue weighted by atomic mass is 10.0. The highest BCUT2D eigenvalue weighted by Crippen LogP contribution is 2.20. The highest BCUT2D eigenvalue weighted by Gasteiger charge is 2.33. The molecule has 0 aliphatic carbocycles. The van der Waals surface area contributed by atoms with Crippen molar-refractivity contribution >= 4 is 17.7 Å². The molecule has 7 nitrogen and oxygen atoms in total. The summed E-state index contributed by atoms with van der Waals surface area (Å²) >= 11 is 0. The third-order valence-electron chi connectivity index (χ3n) is 4.79. The number of nitrogens with one attached hydrogen (secondary N) is 2. The number of nitrogens with zero attached hydrogens (tertiary/aromatic N) is 1. The van der Waals surface area contributed by atoms with Crippen LogP contribution in [0.3, 0.4) is 0 Å². The second-order valence-corrected chi connectivity index (χ2v) is 6.77. The van der Waals surface area contributed by atoms with Gasteiger partial charge >= 0.3 is 0 Å². The molecule has 1 fully saturated rings. The van der Waals surface area contributed by atoms with E-state index in [9.17, 15) is 14.4 Å². The van der Waals surface area contributed by atoms with Crippen molar-refractivity contribution in [3.63, 3.8) is 0 Å². The van der Waals surface area contributed by atoms with Crippen LogP contribution in [0, 0.1) is 0 Å². The monoisotopic (exact) mass is 383 g/mol. The maximum atomic E-state index is 12.8. The van der Waals surface area contributed by atoms with E-state index in [1.807, 2.05) is 13.0 Å². The first-order valence-electron chi connectivity index (χ1n) is 9.59. The maximum absolute atomic E-state index is 12.8. The Morgan fingerprint density at radius 2 is 2.00 bits per heavy atom. The van der Waals surface area contributed by atoms with Crippen molar-refractivity contribution in [3.8, 4) is 0 Å². The van der Waals surface area contributed by atoms with Crippen molar-refractivity contribution in [2.45, 2.75) is 38.8 Å². The fourth-order valence-electron chi connectivity index (χ4n) is 3.38. The Bertz CT molecular complexity index is 832. The van der Waals surface area contributed by atoms with Gasteiger partial charge in [-0.1, -0.05) is 12.1 Å². The number of likely N-dealkylation sites (tertiary alicyclic amines) is 1. The summed E-state index contributed by atoms with van der Waals surface area (Å²) in [5.41, 5.74) is 1.39. The maximum Gasteiger partial charge on any atom is 0.290 e. The standard InChI is InChI=1S/C21H25N3O4/c1-2-22-19(25)16-8-5-7-15(13-16)14-23-20(26)17-9-3-4-11-24(17)21(27)18-10-6-12-28-18/h5-8,10,12-13,17H,2-4,9,11,14H2,1H3,(H,22,25)(H,23,26). The Morgan fingerprint density at radius 1 is 1.14 bits per heavy atom. The summed E-state index contributed by atoms with van der Waals surface area (Å²) in [7, 11) is 0. The van der Waals surface area contributed by atoms with E-state index in [1.54, 1.807) is 35.2 Å². The van der Waals surface area contributed by atoms with Crippen LogP contribution in [0.25, 0.3) is 0 Å². The first-order chi connectivity index (χ1) is 13.6. The average Bonchev–Trinajstić information content (AvgIpc) is 3.27. The predicted octanol–water partition coefficient (Wildman–Crippen LogP) is 2.34. The van der Waals surface area contributed by atoms with E-state index >= 15 is 0 Å². The van der Waals surface area contributed by atoms with Crippen molar-refractivity contribution in [2.75, 3.05) is 13.1 Å². The van der Waals surface area contributed by atoms with E-state index in [0.29, 0.717) is 31.6 Å². The lowest BCUT2D eigenvalue weighted by molar-refractivity contribution is -0.126. The second-order valence-electron chi connectivity index (χ2n) is 6.77. The molecule has 28 heavy (non-hydrogen) atoms. The molecule has 2 N–H and O–H groups in total. The molecule has 0 bridgehead atoms. The molecule has 1 aliphatic rings. The van der Waals surface area contributed by atoms with Crippen molar-refractivity contribution in [1.29, 1.82) is 0 Å². The van der Waals surface area contributed by atoms with Gasteiger partial charge in [0.05, 0.1) is 6.26 Å². The molecule has 0 spiro atoms. The minimum atomic E-state index is -0.516. The summed E-state index contributed by atoms with van der Waals surface area (Å²) in [6.45, 7) is 3.25. The summed E-state index contributed by atoms with van der Waals surface area (Å²) in [5.74, 6) is -0.349. The predicted molar refractivity (Wildman–Crippen MR) is 104 cm³/mol. The molecule has 0 saturated carbocycles. The van der Waals surface area contributed by atoms with Crippen LogP contribution in [0.15, 0.2) is 47.1 Å². The van der Waals surface area contributed by atoms with Gasteiger partial charge in [-0.25, -0.2) is 0 Å². The molecule has 1 saturated heterocycles. The average molecular weight is 383 g/mol. The van der Waals surface area contributed by atoms with Gasteiger partial charge in [0.1, 0.15) is 6.04 Å². The van der Waals surface area contributed by atoms with Crippen LogP contribution in [-0.4, -0.2) is 41.8 Å². The van der Waals surface area contributed by atoms with E-state index in [0.717, 1.165) is 18.4 Å². The van der Waals surface area contributed by atoms with E-state index < -0.39 is 6.04 Å². The van der Waals surface area contributed by atoms with Crippen molar-refractivity contribution in [1.82, 2.24) is 15.5 Å². The van der Waals surface area contributed by atoms with Gasteiger partial charge in [-0.2, -0.15) is 0 Å². The zero-order valence-electron chi connectivity index (χ0n) is 15.9. The molecular formula is C21H25N3O4. The van der Waals surface area contributed by atoms with Gasteiger partial charge in [0.2, 0.25) is 5.91 Å². The second kappa shape index (κ2) is 9.21. The van der Waals surface area contributed by atoms with Crippen molar-refractivity contribution < 1.29 is 18.8 Å². The quantitative estimate of drug-likeness (QED) is 0.801. The highest BCUT2D eigenvalue weighted by molar-refractivity contribution is 5.96. The molecular weight excluding hydrogens is 358 g/mol. The molecule has 1 aromatic carbocycles. The summed E-state index contributed by atoms with van der Waals surface area (Å²) in [6.07, 6.45) is 3.84. The molecule has 7 heteroatoms. The van der Waals surface area contributed by atoms with E-state index in [4.69, 9.17) is 4.42 Å². The molecule has 1 atom stereocenters. The van der Waals surface area contributed by atoms with E-state index in [2.05, 4.69) is 10.6 Å². The number of amides is 3. The van der Waals surface area contributed by atoms with Crippen LogP contribution in [-0.2, 0) is 11.3 Å². The van der Waals surface area contributed by atoms with Gasteiger partial charge < -0.3 is 20.0 Å². The number of hydrogen-bond donors (Lipinski definition) is 2. The van der Waals surface area contributed by atoms with Crippen LogP contribution in [0.1, 0.15) is 52.7 Å². The Morgan fingerprint density at radius 3 is 2.75 bits per heavy atom. The lowest BCUT2D eigenvalue weighted by Gasteiger charge is -2.34. The molecule has 2 aromatic rings. The summed E-state index contributed by atoms with van der Waals surface area (Å²) in [6, 6.07) is 9.90. The Balaban J connectivity index is 1.64. The molecule has 148 valence electrons. The first kappa shape index (κ1) is 19.7. The number of carbonyl (C=O) groups is 3. The molecule has 0 radical (unpaired) electrons. The minimum absolute atomic E-state index is 0.141. The molecule has 3 rings (SSSR count). The van der Waals surface area contributed by atoms with Gasteiger partial charge in [-0.3, -0.25) is 14.4 Å². The first-order valence-corrected chi connectivity index (χ1v) is 9.59. The van der Waals surface area contributed by atoms with Crippen molar-refractivity contribution in [3.05, 3.63) is 59.5 Å². The Labute approximate surface area is 164 Å². The normalized spacial score (nSPS) is 16.5. The summed E-state index contributed by atoms with van der Waals surface area (Å²) < 4.78 is 5.20. The SMILES string of the molecule is CCNC(=O)c1cccc(CNC(=O)C2CCCCN2C(=O)c2ccco2)c1. The fraction of sp³-hybridized carbons (Fsp3) is 0.381. The van der Waals surface area contributed by atoms with Crippen LogP contribution in [0.5, 0.6) is 0 Å². The molecule has 1 unspecified atom stereocenters. The van der Waals surface area contributed by atoms with Crippen LogP contribution < -0.4 is 10.6 Å². The number of furan rings is 1. The number of piperidine rings is 1. The van der Waals surface area contributed by atoms with Gasteiger partial charge in [0, 0.05) is 25.2 Å². The highest BCUT2D eigenvalue weighted by atomic mass is 16.3. The van der Waals surface area contributed by atoms with Crippen molar-refractivity contribution in [2.24, 2.45) is 0 Å². The van der Waals surface area contributed by atoms with Gasteiger partial charge in [0.15, 0.2) is 5.76 Å². The van der Waals surface area contributed by atoms with Gasteiger partial charge in [0.25, 0.3) is 11.8 Å². The Kier molecular flexibility index (Phi) is 6.47. The van der Waals surface area contributed by atoms with E-state index in [-0.39, 0.29) is 23.5 Å². The van der Waals surface area contributed by atoms with Crippen LogP contribution >= 0.6 is 0 Å². The number of benzene rings is 1. The molecule has 2 heterocycles. The van der Waals surface area contributed by atoms with E-state index in [1.165, 1.54) is 6.26 Å². The summed E-state index contributed by atoms with van der Waals surface area (Å²) in [5, 5.41) is 5.66. The smallest absolute Gasteiger partial charge is 0.290 e. The third-order valence-corrected chi connectivity index (χ3v) is 4.79. The third kappa shape index (κ3) is 4.60.